The fourth-order valence-corrected chi connectivity index (χ4v) is 3.66. The van der Waals surface area contributed by atoms with E-state index in [1.165, 1.54) is 47.8 Å². The van der Waals surface area contributed by atoms with E-state index < -0.39 is 6.04 Å². The van der Waals surface area contributed by atoms with Crippen LogP contribution in [0.2, 0.25) is 0 Å². The number of hydrogen-bond acceptors (Lipinski definition) is 6. The second-order valence-electron chi connectivity index (χ2n) is 7.33. The summed E-state index contributed by atoms with van der Waals surface area (Å²) in [6, 6.07) is 4.70. The zero-order valence-electron chi connectivity index (χ0n) is 16.7. The Kier molecular flexibility index (Phi) is 5.69. The van der Waals surface area contributed by atoms with Crippen molar-refractivity contribution >= 4 is 28.6 Å². The molecule has 156 valence electrons. The smallest absolute Gasteiger partial charge is 0.265 e. The molecule has 1 fully saturated rings. The van der Waals surface area contributed by atoms with Crippen LogP contribution in [0.3, 0.4) is 0 Å². The molecule has 30 heavy (non-hydrogen) atoms. The quantitative estimate of drug-likeness (QED) is 0.695. The van der Waals surface area contributed by atoms with Crippen molar-refractivity contribution in [2.75, 3.05) is 23.3 Å². The third-order valence-electron chi connectivity index (χ3n) is 5.30. The highest BCUT2D eigenvalue weighted by Crippen LogP contribution is 2.18. The van der Waals surface area contributed by atoms with Crippen molar-refractivity contribution in [3.63, 3.8) is 0 Å². The van der Waals surface area contributed by atoms with Gasteiger partial charge in [-0.05, 0) is 49.9 Å². The van der Waals surface area contributed by atoms with Gasteiger partial charge in [0.2, 0.25) is 11.9 Å². The van der Waals surface area contributed by atoms with Gasteiger partial charge in [0, 0.05) is 25.0 Å². The highest BCUT2D eigenvalue weighted by atomic mass is 19.1. The maximum atomic E-state index is 13.1. The first-order valence-electron chi connectivity index (χ1n) is 10.1. The van der Waals surface area contributed by atoms with E-state index in [0.717, 1.165) is 25.9 Å². The van der Waals surface area contributed by atoms with Crippen LogP contribution < -0.4 is 15.8 Å². The van der Waals surface area contributed by atoms with E-state index >= 15 is 0 Å². The Morgan fingerprint density at radius 3 is 2.60 bits per heavy atom. The van der Waals surface area contributed by atoms with Crippen molar-refractivity contribution in [2.24, 2.45) is 0 Å². The number of amides is 1. The minimum Gasteiger partial charge on any atom is -0.341 e. The highest BCUT2D eigenvalue weighted by Gasteiger charge is 2.22. The molecule has 1 N–H and O–H groups in total. The van der Waals surface area contributed by atoms with Crippen molar-refractivity contribution in [1.29, 1.82) is 0 Å². The lowest BCUT2D eigenvalue weighted by Crippen LogP contribution is -2.34. The number of piperidine rings is 1. The van der Waals surface area contributed by atoms with E-state index in [9.17, 15) is 14.0 Å². The van der Waals surface area contributed by atoms with E-state index in [1.807, 2.05) is 6.92 Å². The van der Waals surface area contributed by atoms with Crippen molar-refractivity contribution in [2.45, 2.75) is 38.6 Å². The Labute approximate surface area is 172 Å². The molecule has 1 atom stereocenters. The Bertz CT molecular complexity index is 1110. The molecule has 4 rings (SSSR count). The highest BCUT2D eigenvalue weighted by molar-refractivity contribution is 5.93. The molecule has 1 saturated heterocycles. The van der Waals surface area contributed by atoms with Crippen LogP contribution in [0.15, 0.2) is 41.6 Å². The Hall–Kier alpha value is -3.36. The summed E-state index contributed by atoms with van der Waals surface area (Å²) in [4.78, 5) is 41.0. The number of anilines is 2. The summed E-state index contributed by atoms with van der Waals surface area (Å²) in [5.41, 5.74) is 0.406. The molecule has 1 aromatic carbocycles. The summed E-state index contributed by atoms with van der Waals surface area (Å²) >= 11 is 0. The maximum absolute atomic E-state index is 13.1. The number of aromatic nitrogens is 4. The Morgan fingerprint density at radius 2 is 1.90 bits per heavy atom. The topological polar surface area (TPSA) is 93.0 Å². The number of halogens is 1. The van der Waals surface area contributed by atoms with Gasteiger partial charge in [0.05, 0.1) is 0 Å². The van der Waals surface area contributed by atoms with Gasteiger partial charge in [-0.15, -0.1) is 0 Å². The number of carbonyl (C=O) groups is 1. The van der Waals surface area contributed by atoms with Crippen LogP contribution >= 0.6 is 0 Å². The van der Waals surface area contributed by atoms with Crippen molar-refractivity contribution in [1.82, 2.24) is 19.5 Å². The number of fused-ring (bicyclic) bond motifs is 1. The van der Waals surface area contributed by atoms with Gasteiger partial charge in [-0.2, -0.15) is 4.98 Å². The first-order valence-corrected chi connectivity index (χ1v) is 10.1. The average molecular weight is 410 g/mol. The van der Waals surface area contributed by atoms with Gasteiger partial charge in [0.25, 0.3) is 5.56 Å². The largest absolute Gasteiger partial charge is 0.341 e. The molecule has 0 radical (unpaired) electrons. The number of benzene rings is 1. The second-order valence-corrected chi connectivity index (χ2v) is 7.33. The molecule has 0 aliphatic carbocycles. The monoisotopic (exact) mass is 410 g/mol. The molecule has 3 heterocycles. The summed E-state index contributed by atoms with van der Waals surface area (Å²) in [5, 5.41) is 2.98. The lowest BCUT2D eigenvalue weighted by atomic mass is 10.1. The van der Waals surface area contributed by atoms with Crippen LogP contribution in [-0.4, -0.2) is 38.5 Å². The molecule has 1 unspecified atom stereocenters. The molecule has 1 aliphatic heterocycles. The molecule has 8 nitrogen and oxygen atoms in total. The van der Waals surface area contributed by atoms with Crippen LogP contribution in [0.4, 0.5) is 16.0 Å². The summed E-state index contributed by atoms with van der Waals surface area (Å²) < 4.78 is 14.4. The minimum absolute atomic E-state index is 0.270. The van der Waals surface area contributed by atoms with E-state index in [1.54, 1.807) is 0 Å². The third kappa shape index (κ3) is 4.00. The number of carbonyl (C=O) groups excluding carboxylic acids is 1. The van der Waals surface area contributed by atoms with Crippen LogP contribution in [0.5, 0.6) is 0 Å². The third-order valence-corrected chi connectivity index (χ3v) is 5.30. The Morgan fingerprint density at radius 1 is 1.17 bits per heavy atom. The van der Waals surface area contributed by atoms with Crippen molar-refractivity contribution in [3.05, 3.63) is 53.0 Å². The minimum atomic E-state index is -0.763. The molecule has 1 amide bonds. The van der Waals surface area contributed by atoms with Gasteiger partial charge in [-0.3, -0.25) is 14.2 Å². The number of rotatable bonds is 5. The van der Waals surface area contributed by atoms with Crippen LogP contribution in [-0.2, 0) is 4.79 Å². The normalized spacial score (nSPS) is 15.2. The molecule has 2 aromatic heterocycles. The van der Waals surface area contributed by atoms with Crippen LogP contribution in [0.1, 0.15) is 38.6 Å². The molecule has 0 bridgehead atoms. The first kappa shape index (κ1) is 19.9. The zero-order chi connectivity index (χ0) is 21.1. The predicted octanol–water partition coefficient (Wildman–Crippen LogP) is 2.91. The van der Waals surface area contributed by atoms with E-state index in [2.05, 4.69) is 25.2 Å². The van der Waals surface area contributed by atoms with Gasteiger partial charge in [-0.25, -0.2) is 14.4 Å². The fourth-order valence-electron chi connectivity index (χ4n) is 3.66. The molecule has 0 spiro atoms. The van der Waals surface area contributed by atoms with Gasteiger partial charge in [-0.1, -0.05) is 6.92 Å². The summed E-state index contributed by atoms with van der Waals surface area (Å²) in [6.45, 7) is 3.59. The number of hydrogen-bond donors (Lipinski definition) is 1. The SMILES string of the molecule is CCC(C(=O)Nc1ccc(F)cc1)n1cnc2nc(N3CCCCC3)ncc2c1=O. The van der Waals surface area contributed by atoms with Gasteiger partial charge < -0.3 is 10.2 Å². The standard InChI is InChI=1S/C21H23FN6O2/c1-2-17(19(29)25-15-8-6-14(22)7-9-15)28-13-24-18-16(20(28)30)12-23-21(26-18)27-10-4-3-5-11-27/h6-9,12-13,17H,2-5,10-11H2,1H3,(H,25,29). The van der Waals surface area contributed by atoms with Crippen molar-refractivity contribution < 1.29 is 9.18 Å². The van der Waals surface area contributed by atoms with Crippen molar-refractivity contribution in [3.8, 4) is 0 Å². The molecule has 3 aromatic rings. The first-order chi connectivity index (χ1) is 14.6. The second kappa shape index (κ2) is 8.56. The van der Waals surface area contributed by atoms with E-state index in [4.69, 9.17) is 0 Å². The molecular formula is C21H23FN6O2. The summed E-state index contributed by atoms with van der Waals surface area (Å²) in [7, 11) is 0. The maximum Gasteiger partial charge on any atom is 0.265 e. The number of nitrogens with one attached hydrogen (secondary N) is 1. The van der Waals surface area contributed by atoms with Gasteiger partial charge in [0.1, 0.15) is 23.6 Å². The molecule has 9 heteroatoms. The van der Waals surface area contributed by atoms with Gasteiger partial charge >= 0.3 is 0 Å². The molecule has 0 saturated carbocycles. The predicted molar refractivity (Wildman–Crippen MR) is 112 cm³/mol. The van der Waals surface area contributed by atoms with Crippen LogP contribution in [0, 0.1) is 5.82 Å². The lowest BCUT2D eigenvalue weighted by Gasteiger charge is -2.26. The fraction of sp³-hybridized carbons (Fsp3) is 0.381. The van der Waals surface area contributed by atoms with E-state index in [-0.39, 0.29) is 22.7 Å². The van der Waals surface area contributed by atoms with Gasteiger partial charge in [0.15, 0.2) is 5.65 Å². The number of nitrogens with zero attached hydrogens (tertiary/aromatic N) is 5. The average Bonchev–Trinajstić information content (AvgIpc) is 2.78. The van der Waals surface area contributed by atoms with Crippen LogP contribution in [0.25, 0.3) is 11.0 Å². The molecule has 1 aliphatic rings. The Balaban J connectivity index is 1.61. The zero-order valence-corrected chi connectivity index (χ0v) is 16.7. The summed E-state index contributed by atoms with van der Waals surface area (Å²) in [5.74, 6) is -0.190. The summed E-state index contributed by atoms with van der Waals surface area (Å²) in [6.07, 6.45) is 6.62. The molecular weight excluding hydrogens is 387 g/mol. The lowest BCUT2D eigenvalue weighted by molar-refractivity contribution is -0.119. The van der Waals surface area contributed by atoms with E-state index in [0.29, 0.717) is 23.7 Å².